The quantitative estimate of drug-likeness (QED) is 0.755. The van der Waals surface area contributed by atoms with E-state index in [2.05, 4.69) is 15.9 Å². The summed E-state index contributed by atoms with van der Waals surface area (Å²) < 4.78 is 12.5. The molecule has 1 heterocycles. The third kappa shape index (κ3) is 4.16. The van der Waals surface area contributed by atoms with Crippen molar-refractivity contribution in [1.29, 1.82) is 0 Å². The molecule has 5 heteroatoms. The number of amides is 1. The summed E-state index contributed by atoms with van der Waals surface area (Å²) in [6.45, 7) is 1.39. The predicted octanol–water partition coefficient (Wildman–Crippen LogP) is 4.49. The fourth-order valence-electron chi connectivity index (χ4n) is 2.77. The molecule has 0 N–H and O–H groups in total. The zero-order valence-corrected chi connectivity index (χ0v) is 15.2. The Bertz CT molecular complexity index is 713. The summed E-state index contributed by atoms with van der Waals surface area (Å²) >= 11 is 3.43. The largest absolute Gasteiger partial charge is 0.456 e. The van der Waals surface area contributed by atoms with Crippen LogP contribution < -0.4 is 4.74 Å². The highest BCUT2D eigenvalue weighted by molar-refractivity contribution is 9.10. The van der Waals surface area contributed by atoms with Gasteiger partial charge >= 0.3 is 0 Å². The van der Waals surface area contributed by atoms with Crippen molar-refractivity contribution in [3.8, 4) is 11.5 Å². The molecule has 1 aliphatic heterocycles. The van der Waals surface area contributed by atoms with E-state index in [4.69, 9.17) is 9.47 Å². The second-order valence-corrected chi connectivity index (χ2v) is 6.79. The maximum atomic E-state index is 12.8. The van der Waals surface area contributed by atoms with Gasteiger partial charge in [-0.25, -0.2) is 0 Å². The molecule has 0 radical (unpaired) electrons. The van der Waals surface area contributed by atoms with Gasteiger partial charge in [0.1, 0.15) is 11.5 Å². The lowest BCUT2D eigenvalue weighted by Gasteiger charge is -2.22. The van der Waals surface area contributed by atoms with Gasteiger partial charge in [0.2, 0.25) is 0 Å². The number of hydrogen-bond donors (Lipinski definition) is 0. The van der Waals surface area contributed by atoms with E-state index in [-0.39, 0.29) is 12.0 Å². The number of halogens is 1. The Morgan fingerprint density at radius 3 is 2.88 bits per heavy atom. The van der Waals surface area contributed by atoms with Gasteiger partial charge in [-0.3, -0.25) is 4.79 Å². The van der Waals surface area contributed by atoms with E-state index in [1.165, 1.54) is 0 Å². The lowest BCUT2D eigenvalue weighted by atomic mass is 10.1. The average Bonchev–Trinajstić information content (AvgIpc) is 3.08. The summed E-state index contributed by atoms with van der Waals surface area (Å²) in [7, 11) is 1.81. The minimum Gasteiger partial charge on any atom is -0.456 e. The molecule has 1 atom stereocenters. The summed E-state index contributed by atoms with van der Waals surface area (Å²) in [6, 6.07) is 14.9. The first-order valence-electron chi connectivity index (χ1n) is 8.03. The first kappa shape index (κ1) is 17.0. The fourth-order valence-corrected chi connectivity index (χ4v) is 3.15. The molecule has 2 aromatic carbocycles. The number of likely N-dealkylation sites (N-methyl/N-ethyl adjacent to an activating group) is 1. The molecule has 0 saturated carbocycles. The smallest absolute Gasteiger partial charge is 0.257 e. The van der Waals surface area contributed by atoms with Crippen LogP contribution in [0, 0.1) is 0 Å². The Kier molecular flexibility index (Phi) is 5.53. The molecule has 2 aromatic rings. The van der Waals surface area contributed by atoms with Crippen LogP contribution in [-0.2, 0) is 4.74 Å². The van der Waals surface area contributed by atoms with Gasteiger partial charge < -0.3 is 14.4 Å². The maximum absolute atomic E-state index is 12.8. The van der Waals surface area contributed by atoms with Crippen molar-refractivity contribution < 1.29 is 14.3 Å². The van der Waals surface area contributed by atoms with Crippen molar-refractivity contribution in [3.05, 3.63) is 58.6 Å². The number of rotatable bonds is 5. The Labute approximate surface area is 150 Å². The van der Waals surface area contributed by atoms with Crippen LogP contribution in [0.5, 0.6) is 11.5 Å². The van der Waals surface area contributed by atoms with Crippen LogP contribution in [-0.4, -0.2) is 37.1 Å². The van der Waals surface area contributed by atoms with Gasteiger partial charge in [0, 0.05) is 24.7 Å². The number of nitrogens with zero attached hydrogens (tertiary/aromatic N) is 1. The molecular formula is C19H20BrNO3. The molecule has 4 nitrogen and oxygen atoms in total. The third-order valence-electron chi connectivity index (χ3n) is 3.99. The number of para-hydroxylation sites is 1. The van der Waals surface area contributed by atoms with Crippen LogP contribution in [0.25, 0.3) is 0 Å². The van der Waals surface area contributed by atoms with Gasteiger partial charge in [0.15, 0.2) is 0 Å². The maximum Gasteiger partial charge on any atom is 0.257 e. The van der Waals surface area contributed by atoms with Gasteiger partial charge in [-0.15, -0.1) is 0 Å². The fraction of sp³-hybridized carbons (Fsp3) is 0.316. The Hall–Kier alpha value is -1.85. The lowest BCUT2D eigenvalue weighted by molar-refractivity contribution is 0.0585. The van der Waals surface area contributed by atoms with Gasteiger partial charge in [0.25, 0.3) is 5.91 Å². The Morgan fingerprint density at radius 2 is 2.12 bits per heavy atom. The topological polar surface area (TPSA) is 38.8 Å². The second-order valence-electron chi connectivity index (χ2n) is 5.88. The summed E-state index contributed by atoms with van der Waals surface area (Å²) in [4.78, 5) is 14.5. The molecule has 1 amide bonds. The highest BCUT2D eigenvalue weighted by Gasteiger charge is 2.22. The van der Waals surface area contributed by atoms with E-state index in [1.54, 1.807) is 18.0 Å². The van der Waals surface area contributed by atoms with Gasteiger partial charge in [-0.05, 0) is 43.2 Å². The lowest BCUT2D eigenvalue weighted by Crippen LogP contribution is -2.34. The van der Waals surface area contributed by atoms with Crippen molar-refractivity contribution in [2.45, 2.75) is 18.9 Å². The zero-order chi connectivity index (χ0) is 16.9. The standard InChI is InChI=1S/C19H20BrNO3/c1-21(13-16-8-5-11-23-16)19(22)17-9-2-3-10-18(17)24-15-7-4-6-14(20)12-15/h2-4,6-7,9-10,12,16H,5,8,11,13H2,1H3. The van der Waals surface area contributed by atoms with Crippen LogP contribution >= 0.6 is 15.9 Å². The number of benzene rings is 2. The molecule has 1 unspecified atom stereocenters. The number of carbonyl (C=O) groups excluding carboxylic acids is 1. The Balaban J connectivity index is 1.76. The van der Waals surface area contributed by atoms with Gasteiger partial charge in [-0.1, -0.05) is 34.1 Å². The molecule has 126 valence electrons. The molecule has 1 saturated heterocycles. The molecule has 3 rings (SSSR count). The highest BCUT2D eigenvalue weighted by Crippen LogP contribution is 2.28. The minimum atomic E-state index is -0.0592. The van der Waals surface area contributed by atoms with Gasteiger partial charge in [-0.2, -0.15) is 0 Å². The van der Waals surface area contributed by atoms with Crippen LogP contribution in [0.15, 0.2) is 53.0 Å². The first-order chi connectivity index (χ1) is 11.6. The SMILES string of the molecule is CN(CC1CCCO1)C(=O)c1ccccc1Oc1cccc(Br)c1. The Morgan fingerprint density at radius 1 is 1.29 bits per heavy atom. The van der Waals surface area contributed by atoms with Crippen LogP contribution in [0.2, 0.25) is 0 Å². The molecule has 0 aromatic heterocycles. The summed E-state index contributed by atoms with van der Waals surface area (Å²) in [5, 5.41) is 0. The molecular weight excluding hydrogens is 370 g/mol. The predicted molar refractivity (Wildman–Crippen MR) is 96.6 cm³/mol. The number of carbonyl (C=O) groups is 1. The average molecular weight is 390 g/mol. The minimum absolute atomic E-state index is 0.0592. The molecule has 1 fully saturated rings. The van der Waals surface area contributed by atoms with Crippen LogP contribution in [0.4, 0.5) is 0 Å². The highest BCUT2D eigenvalue weighted by atomic mass is 79.9. The molecule has 0 bridgehead atoms. The zero-order valence-electron chi connectivity index (χ0n) is 13.6. The van der Waals surface area contributed by atoms with E-state index in [1.807, 2.05) is 42.5 Å². The number of ether oxygens (including phenoxy) is 2. The van der Waals surface area contributed by atoms with Crippen LogP contribution in [0.3, 0.4) is 0 Å². The monoisotopic (exact) mass is 389 g/mol. The van der Waals surface area contributed by atoms with E-state index in [0.717, 1.165) is 23.9 Å². The normalized spacial score (nSPS) is 16.8. The molecule has 1 aliphatic rings. The van der Waals surface area contributed by atoms with Crippen molar-refractivity contribution in [1.82, 2.24) is 4.90 Å². The second kappa shape index (κ2) is 7.81. The number of hydrogen-bond acceptors (Lipinski definition) is 3. The molecule has 24 heavy (non-hydrogen) atoms. The molecule has 0 aliphatic carbocycles. The summed E-state index contributed by atoms with van der Waals surface area (Å²) in [5.41, 5.74) is 0.554. The van der Waals surface area contributed by atoms with E-state index in [9.17, 15) is 4.79 Å². The van der Waals surface area contributed by atoms with Gasteiger partial charge in [0.05, 0.1) is 11.7 Å². The van der Waals surface area contributed by atoms with Crippen molar-refractivity contribution in [2.24, 2.45) is 0 Å². The first-order valence-corrected chi connectivity index (χ1v) is 8.82. The van der Waals surface area contributed by atoms with Crippen LogP contribution in [0.1, 0.15) is 23.2 Å². The summed E-state index contributed by atoms with van der Waals surface area (Å²) in [6.07, 6.45) is 2.21. The molecule has 0 spiro atoms. The third-order valence-corrected chi connectivity index (χ3v) is 4.48. The van der Waals surface area contributed by atoms with Crippen molar-refractivity contribution >= 4 is 21.8 Å². The summed E-state index contributed by atoms with van der Waals surface area (Å²) in [5.74, 6) is 1.18. The van der Waals surface area contributed by atoms with Crippen molar-refractivity contribution in [3.63, 3.8) is 0 Å². The van der Waals surface area contributed by atoms with Crippen molar-refractivity contribution in [2.75, 3.05) is 20.2 Å². The van der Waals surface area contributed by atoms with E-state index in [0.29, 0.717) is 23.6 Å². The van der Waals surface area contributed by atoms with E-state index < -0.39 is 0 Å². The van der Waals surface area contributed by atoms with E-state index >= 15 is 0 Å².